The number of rotatable bonds is 5. The highest BCUT2D eigenvalue weighted by Gasteiger charge is 2.39. The normalized spacial score (nSPS) is 14.4. The molecule has 0 unspecified atom stereocenters. The number of carbonyl (C=O) groups is 1. The Kier molecular flexibility index (Phi) is 6.34. The first-order valence-electron chi connectivity index (χ1n) is 10.4. The van der Waals surface area contributed by atoms with Gasteiger partial charge in [0.2, 0.25) is 0 Å². The Hall–Kier alpha value is -3.41. The highest BCUT2D eigenvalue weighted by molar-refractivity contribution is 6.33. The zero-order chi connectivity index (χ0) is 24.6. The fraction of sp³-hybridized carbons (Fsp3) is 0.381. The monoisotopic (exact) mass is 496 g/mol. The summed E-state index contributed by atoms with van der Waals surface area (Å²) in [6, 6.07) is 3.86. The molecule has 0 fully saturated rings. The molecular weight excluding hydrogens is 477 g/mol. The van der Waals surface area contributed by atoms with Gasteiger partial charge in [0.15, 0.2) is 11.9 Å². The van der Waals surface area contributed by atoms with E-state index in [2.05, 4.69) is 20.6 Å². The van der Waals surface area contributed by atoms with Gasteiger partial charge in [-0.25, -0.2) is 4.79 Å². The van der Waals surface area contributed by atoms with Crippen molar-refractivity contribution in [3.63, 3.8) is 0 Å². The number of nitrogens with one attached hydrogen (secondary N) is 1. The minimum atomic E-state index is -4.70. The lowest BCUT2D eigenvalue weighted by atomic mass is 10.1. The molecule has 1 aromatic carbocycles. The van der Waals surface area contributed by atoms with Crippen LogP contribution in [-0.2, 0) is 13.0 Å². The van der Waals surface area contributed by atoms with Gasteiger partial charge in [-0.3, -0.25) is 9.36 Å². The molecule has 1 aliphatic rings. The van der Waals surface area contributed by atoms with Crippen molar-refractivity contribution in [2.24, 2.45) is 0 Å². The Morgan fingerprint density at radius 2 is 2.06 bits per heavy atom. The van der Waals surface area contributed by atoms with Crippen molar-refractivity contribution in [2.45, 2.75) is 51.9 Å². The van der Waals surface area contributed by atoms with Gasteiger partial charge in [-0.2, -0.15) is 23.0 Å². The zero-order valence-corrected chi connectivity index (χ0v) is 18.9. The number of halogens is 4. The summed E-state index contributed by atoms with van der Waals surface area (Å²) in [5.74, 6) is -0.544. The highest BCUT2D eigenvalue weighted by atomic mass is 35.5. The van der Waals surface area contributed by atoms with E-state index < -0.39 is 29.6 Å². The number of ether oxygens (including phenoxy) is 1. The van der Waals surface area contributed by atoms with Gasteiger partial charge >= 0.3 is 11.9 Å². The summed E-state index contributed by atoms with van der Waals surface area (Å²) in [6.07, 6.45) is -3.24. The summed E-state index contributed by atoms with van der Waals surface area (Å²) in [5.41, 5.74) is -0.150. The third-order valence-electron chi connectivity index (χ3n) is 5.41. The fourth-order valence-corrected chi connectivity index (χ4v) is 3.73. The average Bonchev–Trinajstić information content (AvgIpc) is 3.12. The predicted octanol–water partition coefficient (Wildman–Crippen LogP) is 3.70. The first kappa shape index (κ1) is 23.7. The quantitative estimate of drug-likeness (QED) is 0.577. The van der Waals surface area contributed by atoms with E-state index in [9.17, 15) is 22.8 Å². The number of hydrogen-bond acceptors (Lipinski definition) is 6. The van der Waals surface area contributed by atoms with Gasteiger partial charge in [-0.1, -0.05) is 11.6 Å². The molecule has 1 amide bonds. The second kappa shape index (κ2) is 9.09. The van der Waals surface area contributed by atoms with Crippen LogP contribution in [0.1, 0.15) is 41.5 Å². The number of benzene rings is 1. The number of alkyl halides is 3. The molecule has 0 bridgehead atoms. The Morgan fingerprint density at radius 1 is 1.29 bits per heavy atom. The summed E-state index contributed by atoms with van der Waals surface area (Å²) >= 11 is 6.38. The van der Waals surface area contributed by atoms with Crippen LogP contribution in [0.5, 0.6) is 5.75 Å². The molecule has 1 aliphatic heterocycles. The average molecular weight is 497 g/mol. The van der Waals surface area contributed by atoms with Crippen molar-refractivity contribution in [3.8, 4) is 11.4 Å². The molecule has 13 heteroatoms. The summed E-state index contributed by atoms with van der Waals surface area (Å²) in [7, 11) is 0. The van der Waals surface area contributed by atoms with Gasteiger partial charge < -0.3 is 10.1 Å². The number of amides is 1. The number of anilines is 1. The molecule has 1 atom stereocenters. The van der Waals surface area contributed by atoms with Gasteiger partial charge in [0.05, 0.1) is 22.5 Å². The van der Waals surface area contributed by atoms with Crippen molar-refractivity contribution in [3.05, 3.63) is 56.9 Å². The van der Waals surface area contributed by atoms with Crippen LogP contribution >= 0.6 is 11.6 Å². The third-order valence-corrected chi connectivity index (χ3v) is 5.71. The molecule has 9 nitrogen and oxygen atoms in total. The lowest BCUT2D eigenvalue weighted by Crippen LogP contribution is -2.32. The Balaban J connectivity index is 1.79. The molecule has 1 N–H and O–H groups in total. The zero-order valence-electron chi connectivity index (χ0n) is 18.2. The first-order valence-corrected chi connectivity index (χ1v) is 10.8. The van der Waals surface area contributed by atoms with Crippen LogP contribution in [0, 0.1) is 6.92 Å². The number of aromatic nitrogens is 5. The summed E-state index contributed by atoms with van der Waals surface area (Å²) < 4.78 is 47.4. The predicted molar refractivity (Wildman–Crippen MR) is 117 cm³/mol. The largest absolute Gasteiger partial charge is 0.480 e. The highest BCUT2D eigenvalue weighted by Crippen LogP contribution is 2.33. The SMILES string of the molecule is Cc1ccnnc1NC(=O)c1cc(Cl)c(-n2nc3n(c2=O)CCCC3)cc1O[C@@H](C)C(F)(F)F. The minimum absolute atomic E-state index is 0.00479. The van der Waals surface area contributed by atoms with Crippen LogP contribution in [-0.4, -0.2) is 42.7 Å². The van der Waals surface area contributed by atoms with Gasteiger partial charge in [-0.05, 0) is 44.4 Å². The number of carbonyl (C=O) groups excluding carboxylic acids is 1. The summed E-state index contributed by atoms with van der Waals surface area (Å²) in [4.78, 5) is 25.8. The molecule has 34 heavy (non-hydrogen) atoms. The Labute approximate surface area is 196 Å². The molecule has 0 spiro atoms. The van der Waals surface area contributed by atoms with E-state index in [1.165, 1.54) is 10.8 Å². The van der Waals surface area contributed by atoms with Gasteiger partial charge in [0.1, 0.15) is 11.6 Å². The molecule has 3 aromatic rings. The molecule has 3 heterocycles. The number of nitrogens with zero attached hydrogens (tertiary/aromatic N) is 5. The maximum Gasteiger partial charge on any atom is 0.425 e. The molecule has 0 saturated carbocycles. The van der Waals surface area contributed by atoms with Crippen molar-refractivity contribution in [1.82, 2.24) is 24.5 Å². The second-order valence-electron chi connectivity index (χ2n) is 7.84. The molecule has 4 rings (SSSR count). The maximum atomic E-state index is 13.2. The van der Waals surface area contributed by atoms with E-state index in [-0.39, 0.29) is 22.1 Å². The molecule has 180 valence electrons. The maximum absolute atomic E-state index is 13.2. The second-order valence-corrected chi connectivity index (χ2v) is 8.24. The van der Waals surface area contributed by atoms with E-state index in [4.69, 9.17) is 16.3 Å². The number of aryl methyl sites for hydroxylation is 2. The van der Waals surface area contributed by atoms with Crippen LogP contribution in [0.15, 0.2) is 29.2 Å². The molecular formula is C21H20ClF3N6O3. The third kappa shape index (κ3) is 4.63. The lowest BCUT2D eigenvalue weighted by molar-refractivity contribution is -0.189. The van der Waals surface area contributed by atoms with Crippen LogP contribution in [0.3, 0.4) is 0 Å². The Morgan fingerprint density at radius 3 is 2.74 bits per heavy atom. The fourth-order valence-electron chi connectivity index (χ4n) is 3.49. The first-order chi connectivity index (χ1) is 16.1. The number of hydrogen-bond donors (Lipinski definition) is 1. The Bertz CT molecular complexity index is 1300. The summed E-state index contributed by atoms with van der Waals surface area (Å²) in [5, 5.41) is 14.2. The smallest absolute Gasteiger partial charge is 0.425 e. The van der Waals surface area contributed by atoms with E-state index in [1.54, 1.807) is 13.0 Å². The van der Waals surface area contributed by atoms with Gasteiger partial charge in [0.25, 0.3) is 5.91 Å². The van der Waals surface area contributed by atoms with Crippen molar-refractivity contribution >= 4 is 23.3 Å². The van der Waals surface area contributed by atoms with Crippen molar-refractivity contribution in [2.75, 3.05) is 5.32 Å². The van der Waals surface area contributed by atoms with Gasteiger partial charge in [-0.15, -0.1) is 10.2 Å². The van der Waals surface area contributed by atoms with E-state index in [1.807, 2.05) is 0 Å². The van der Waals surface area contributed by atoms with Crippen LogP contribution in [0.4, 0.5) is 19.0 Å². The van der Waals surface area contributed by atoms with E-state index in [0.717, 1.165) is 36.6 Å². The lowest BCUT2D eigenvalue weighted by Gasteiger charge is -2.20. The van der Waals surface area contributed by atoms with E-state index >= 15 is 0 Å². The number of fused-ring (bicyclic) bond motifs is 1. The van der Waals surface area contributed by atoms with E-state index in [0.29, 0.717) is 24.4 Å². The standard InChI is InChI=1S/C21H20ClF3N6O3/c1-11-6-7-26-28-18(11)27-19(32)13-9-14(22)15(10-16(13)34-12(2)21(23,24)25)31-20(33)30-8-4-3-5-17(30)29-31/h6-7,9-10,12H,3-5,8H2,1-2H3,(H,27,28,32)/t12-/m0/s1. The molecule has 0 radical (unpaired) electrons. The minimum Gasteiger partial charge on any atom is -0.480 e. The summed E-state index contributed by atoms with van der Waals surface area (Å²) in [6.45, 7) is 2.97. The molecule has 2 aromatic heterocycles. The topological polar surface area (TPSA) is 104 Å². The molecule has 0 saturated heterocycles. The van der Waals surface area contributed by atoms with Crippen molar-refractivity contribution in [1.29, 1.82) is 0 Å². The van der Waals surface area contributed by atoms with Crippen LogP contribution in [0.25, 0.3) is 5.69 Å². The van der Waals surface area contributed by atoms with Gasteiger partial charge in [0, 0.05) is 19.0 Å². The van der Waals surface area contributed by atoms with Crippen molar-refractivity contribution < 1.29 is 22.7 Å². The molecule has 0 aliphatic carbocycles. The van der Waals surface area contributed by atoms with Crippen LogP contribution < -0.4 is 15.7 Å². The van der Waals surface area contributed by atoms with Crippen LogP contribution in [0.2, 0.25) is 5.02 Å².